The van der Waals surface area contributed by atoms with Crippen molar-refractivity contribution in [1.82, 2.24) is 30.0 Å². The third-order valence-electron chi connectivity index (χ3n) is 5.27. The van der Waals surface area contributed by atoms with Gasteiger partial charge in [0.15, 0.2) is 0 Å². The average Bonchev–Trinajstić information content (AvgIpc) is 3.34. The largest absolute Gasteiger partial charge is 0.375 e. The summed E-state index contributed by atoms with van der Waals surface area (Å²) in [6, 6.07) is 7.79. The first-order valence-corrected chi connectivity index (χ1v) is 9.72. The molecule has 2 saturated heterocycles. The molecule has 3 heterocycles. The van der Waals surface area contributed by atoms with Gasteiger partial charge in [-0.05, 0) is 60.5 Å². The Morgan fingerprint density at radius 1 is 1.11 bits per heavy atom. The number of amides is 1. The Morgan fingerprint density at radius 3 is 2.67 bits per heavy atom. The molecule has 1 atom stereocenters. The molecule has 8 heteroatoms. The zero-order valence-electron chi connectivity index (χ0n) is 15.5. The summed E-state index contributed by atoms with van der Waals surface area (Å²) in [7, 11) is 0. The molecule has 2 fully saturated rings. The van der Waals surface area contributed by atoms with Crippen LogP contribution in [0.4, 0.5) is 0 Å². The Bertz CT molecular complexity index is 727. The van der Waals surface area contributed by atoms with Crippen LogP contribution in [0.15, 0.2) is 30.6 Å². The lowest BCUT2D eigenvalue weighted by Gasteiger charge is -2.27. The highest BCUT2D eigenvalue weighted by Gasteiger charge is 2.25. The molecule has 0 aliphatic carbocycles. The summed E-state index contributed by atoms with van der Waals surface area (Å²) in [5, 5.41) is 11.2. The van der Waals surface area contributed by atoms with Gasteiger partial charge in [-0.25, -0.2) is 4.68 Å². The molecule has 0 saturated carbocycles. The molecule has 144 valence electrons. The summed E-state index contributed by atoms with van der Waals surface area (Å²) in [6.07, 6.45) is 5.54. The van der Waals surface area contributed by atoms with Gasteiger partial charge in [-0.2, -0.15) is 0 Å². The predicted octanol–water partition coefficient (Wildman–Crippen LogP) is 0.918. The van der Waals surface area contributed by atoms with E-state index in [0.29, 0.717) is 13.0 Å². The third-order valence-corrected chi connectivity index (χ3v) is 5.27. The smallest absolute Gasteiger partial charge is 0.227 e. The lowest BCUT2D eigenvalue weighted by atomic mass is 10.1. The number of nitrogens with zero attached hydrogens (tertiary/aromatic N) is 6. The quantitative estimate of drug-likeness (QED) is 0.779. The standard InChI is InChI=1S/C19H26N6O2/c26-19(12-16-4-6-17(7-5-16)25-15-20-21-22-25)24-10-3-11-27-18(14-24)13-23-8-1-2-9-23/h4-7,15,18H,1-3,8-14H2/t18-/m1/s1. The molecule has 1 aromatic carbocycles. The lowest BCUT2D eigenvalue weighted by molar-refractivity contribution is -0.131. The number of ether oxygens (including phenoxy) is 1. The SMILES string of the molecule is O=C(Cc1ccc(-n2cnnn2)cc1)N1CCCO[C@H](CN2CCCC2)C1. The molecule has 2 aromatic rings. The maximum atomic E-state index is 12.8. The zero-order valence-corrected chi connectivity index (χ0v) is 15.5. The Balaban J connectivity index is 1.34. The summed E-state index contributed by atoms with van der Waals surface area (Å²) in [5.41, 5.74) is 1.88. The molecule has 4 rings (SSSR count). The van der Waals surface area contributed by atoms with Crippen molar-refractivity contribution in [2.24, 2.45) is 0 Å². The predicted molar refractivity (Wildman–Crippen MR) is 99.5 cm³/mol. The minimum absolute atomic E-state index is 0.122. The van der Waals surface area contributed by atoms with Crippen LogP contribution in [0.1, 0.15) is 24.8 Å². The van der Waals surface area contributed by atoms with E-state index in [9.17, 15) is 4.79 Å². The van der Waals surface area contributed by atoms with E-state index >= 15 is 0 Å². The van der Waals surface area contributed by atoms with Crippen LogP contribution in [0.2, 0.25) is 0 Å². The summed E-state index contributed by atoms with van der Waals surface area (Å²) >= 11 is 0. The number of hydrogen-bond donors (Lipinski definition) is 0. The molecule has 2 aliphatic rings. The normalized spacial score (nSPS) is 21.3. The molecule has 1 amide bonds. The number of hydrogen-bond acceptors (Lipinski definition) is 6. The van der Waals surface area contributed by atoms with Crippen molar-refractivity contribution in [3.05, 3.63) is 36.2 Å². The van der Waals surface area contributed by atoms with Gasteiger partial charge < -0.3 is 14.5 Å². The highest BCUT2D eigenvalue weighted by Crippen LogP contribution is 2.14. The number of carbonyl (C=O) groups is 1. The highest BCUT2D eigenvalue weighted by molar-refractivity contribution is 5.78. The van der Waals surface area contributed by atoms with E-state index < -0.39 is 0 Å². The zero-order chi connectivity index (χ0) is 18.5. The molecule has 1 aromatic heterocycles. The highest BCUT2D eigenvalue weighted by atomic mass is 16.5. The first-order chi connectivity index (χ1) is 13.3. The van der Waals surface area contributed by atoms with Crippen molar-refractivity contribution in [2.75, 3.05) is 39.3 Å². The van der Waals surface area contributed by atoms with E-state index in [1.54, 1.807) is 11.0 Å². The Morgan fingerprint density at radius 2 is 1.93 bits per heavy atom. The van der Waals surface area contributed by atoms with E-state index in [-0.39, 0.29) is 12.0 Å². The molecule has 8 nitrogen and oxygen atoms in total. The number of carbonyl (C=O) groups excluding carboxylic acids is 1. The molecular formula is C19H26N6O2. The van der Waals surface area contributed by atoms with Crippen LogP contribution in [0.5, 0.6) is 0 Å². The van der Waals surface area contributed by atoms with E-state index in [0.717, 1.165) is 50.5 Å². The molecule has 0 N–H and O–H groups in total. The Hall–Kier alpha value is -2.32. The van der Waals surface area contributed by atoms with Gasteiger partial charge in [0.25, 0.3) is 0 Å². The molecule has 0 spiro atoms. The number of rotatable bonds is 5. The van der Waals surface area contributed by atoms with Gasteiger partial charge >= 0.3 is 0 Å². The maximum Gasteiger partial charge on any atom is 0.227 e. The number of benzene rings is 1. The average molecular weight is 370 g/mol. The Kier molecular flexibility index (Phi) is 5.74. The summed E-state index contributed by atoms with van der Waals surface area (Å²) in [6.45, 7) is 5.45. The van der Waals surface area contributed by atoms with Crippen molar-refractivity contribution in [3.8, 4) is 5.69 Å². The summed E-state index contributed by atoms with van der Waals surface area (Å²) in [4.78, 5) is 17.3. The molecule has 27 heavy (non-hydrogen) atoms. The second-order valence-electron chi connectivity index (χ2n) is 7.29. The third kappa shape index (κ3) is 4.70. The van der Waals surface area contributed by atoms with Crippen LogP contribution in [-0.2, 0) is 16.0 Å². The number of likely N-dealkylation sites (tertiary alicyclic amines) is 1. The second kappa shape index (κ2) is 8.58. The first kappa shape index (κ1) is 18.1. The van der Waals surface area contributed by atoms with E-state index in [1.807, 2.05) is 29.2 Å². The second-order valence-corrected chi connectivity index (χ2v) is 7.29. The Labute approximate surface area is 159 Å². The van der Waals surface area contributed by atoms with Crippen LogP contribution in [-0.4, -0.2) is 81.3 Å². The van der Waals surface area contributed by atoms with Crippen molar-refractivity contribution >= 4 is 5.91 Å². The van der Waals surface area contributed by atoms with Crippen LogP contribution < -0.4 is 0 Å². The molecular weight excluding hydrogens is 344 g/mol. The van der Waals surface area contributed by atoms with E-state index in [2.05, 4.69) is 20.4 Å². The van der Waals surface area contributed by atoms with Gasteiger partial charge in [-0.15, -0.1) is 5.10 Å². The fourth-order valence-corrected chi connectivity index (χ4v) is 3.82. The molecule has 0 unspecified atom stereocenters. The van der Waals surface area contributed by atoms with E-state index in [1.165, 1.54) is 12.8 Å². The summed E-state index contributed by atoms with van der Waals surface area (Å²) < 4.78 is 7.59. The van der Waals surface area contributed by atoms with Gasteiger partial charge in [0, 0.05) is 26.2 Å². The van der Waals surface area contributed by atoms with Gasteiger partial charge in [0.05, 0.1) is 18.2 Å². The first-order valence-electron chi connectivity index (χ1n) is 9.72. The fourth-order valence-electron chi connectivity index (χ4n) is 3.82. The van der Waals surface area contributed by atoms with Crippen molar-refractivity contribution in [3.63, 3.8) is 0 Å². The maximum absolute atomic E-state index is 12.8. The number of tetrazole rings is 1. The molecule has 0 bridgehead atoms. The van der Waals surface area contributed by atoms with Crippen molar-refractivity contribution < 1.29 is 9.53 Å². The van der Waals surface area contributed by atoms with Gasteiger partial charge in [-0.3, -0.25) is 4.79 Å². The van der Waals surface area contributed by atoms with Crippen LogP contribution in [0.3, 0.4) is 0 Å². The van der Waals surface area contributed by atoms with Gasteiger partial charge in [0.2, 0.25) is 5.91 Å². The topological polar surface area (TPSA) is 76.4 Å². The minimum atomic E-state index is 0.122. The van der Waals surface area contributed by atoms with Gasteiger partial charge in [-0.1, -0.05) is 12.1 Å². The van der Waals surface area contributed by atoms with Crippen molar-refractivity contribution in [2.45, 2.75) is 31.8 Å². The monoisotopic (exact) mass is 370 g/mol. The fraction of sp³-hybridized carbons (Fsp3) is 0.579. The van der Waals surface area contributed by atoms with Crippen LogP contribution >= 0.6 is 0 Å². The summed E-state index contributed by atoms with van der Waals surface area (Å²) in [5.74, 6) is 0.169. The van der Waals surface area contributed by atoms with E-state index in [4.69, 9.17) is 4.74 Å². The molecule has 2 aliphatic heterocycles. The van der Waals surface area contributed by atoms with Crippen LogP contribution in [0, 0.1) is 0 Å². The minimum Gasteiger partial charge on any atom is -0.375 e. The van der Waals surface area contributed by atoms with Gasteiger partial charge in [0.1, 0.15) is 6.33 Å². The number of aromatic nitrogens is 4. The molecule has 0 radical (unpaired) electrons. The lowest BCUT2D eigenvalue weighted by Crippen LogP contribution is -2.42. The van der Waals surface area contributed by atoms with Crippen molar-refractivity contribution in [1.29, 1.82) is 0 Å². The van der Waals surface area contributed by atoms with Crippen LogP contribution in [0.25, 0.3) is 5.69 Å².